The van der Waals surface area contributed by atoms with Crippen LogP contribution in [-0.2, 0) is 10.9 Å². The number of nitrogens with one attached hydrogen (secondary N) is 1. The molecule has 0 aliphatic heterocycles. The van der Waals surface area contributed by atoms with Crippen molar-refractivity contribution in [2.24, 2.45) is 0 Å². The van der Waals surface area contributed by atoms with Gasteiger partial charge in [-0.05, 0) is 32.0 Å². The first kappa shape index (κ1) is 19.6. The number of ether oxygens (including phenoxy) is 1. The first-order valence-electron chi connectivity index (χ1n) is 7.16. The largest absolute Gasteiger partial charge is 0.464 e. The number of anilines is 1. The van der Waals surface area contributed by atoms with E-state index in [9.17, 15) is 22.8 Å². The summed E-state index contributed by atoms with van der Waals surface area (Å²) in [5, 5.41) is 2.12. The number of carbonyl (C=O) groups is 2. The number of halogens is 4. The maximum atomic E-state index is 12.8. The Hall–Kier alpha value is -2.68. The quantitative estimate of drug-likeness (QED) is 0.810. The fourth-order valence-corrected chi connectivity index (χ4v) is 2.14. The second-order valence-corrected chi connectivity index (χ2v) is 5.64. The molecule has 0 aliphatic carbocycles. The van der Waals surface area contributed by atoms with E-state index < -0.39 is 23.6 Å². The van der Waals surface area contributed by atoms with Gasteiger partial charge in [-0.2, -0.15) is 13.2 Å². The van der Waals surface area contributed by atoms with Crippen molar-refractivity contribution in [2.75, 3.05) is 12.4 Å². The lowest BCUT2D eigenvalue weighted by atomic mass is 10.2. The monoisotopic (exact) mass is 387 g/mol. The number of methoxy groups -OCH3 is 1. The molecule has 0 radical (unpaired) electrons. The summed E-state index contributed by atoms with van der Waals surface area (Å²) in [6, 6.07) is 2.48. The fraction of sp³-hybridized carbons (Fsp3) is 0.250. The number of aromatic nitrogens is 2. The van der Waals surface area contributed by atoms with E-state index in [2.05, 4.69) is 20.0 Å². The van der Waals surface area contributed by atoms with Crippen molar-refractivity contribution in [2.45, 2.75) is 20.0 Å². The van der Waals surface area contributed by atoms with Gasteiger partial charge in [0.05, 0.1) is 34.8 Å². The van der Waals surface area contributed by atoms with Crippen LogP contribution in [-0.4, -0.2) is 29.0 Å². The molecule has 10 heteroatoms. The number of carbonyl (C=O) groups excluding carboxylic acids is 2. The molecular formula is C16H13ClF3N3O3. The van der Waals surface area contributed by atoms with E-state index in [-0.39, 0.29) is 22.1 Å². The molecule has 1 aromatic carbocycles. The lowest BCUT2D eigenvalue weighted by molar-refractivity contribution is -0.137. The third-order valence-electron chi connectivity index (χ3n) is 3.44. The molecule has 0 saturated carbocycles. The zero-order valence-electron chi connectivity index (χ0n) is 13.9. The summed E-state index contributed by atoms with van der Waals surface area (Å²) >= 11 is 5.85. The maximum absolute atomic E-state index is 12.8. The number of rotatable bonds is 3. The van der Waals surface area contributed by atoms with Crippen molar-refractivity contribution in [1.29, 1.82) is 0 Å². The number of aryl methyl sites for hydroxylation is 2. The Morgan fingerprint density at radius 3 is 2.23 bits per heavy atom. The van der Waals surface area contributed by atoms with Gasteiger partial charge < -0.3 is 10.1 Å². The molecular weight excluding hydrogens is 375 g/mol. The van der Waals surface area contributed by atoms with Gasteiger partial charge in [0.2, 0.25) is 0 Å². The highest BCUT2D eigenvalue weighted by atomic mass is 35.5. The second kappa shape index (κ2) is 7.28. The van der Waals surface area contributed by atoms with Gasteiger partial charge >= 0.3 is 12.1 Å². The van der Waals surface area contributed by atoms with Gasteiger partial charge in [-0.1, -0.05) is 11.6 Å². The van der Waals surface area contributed by atoms with E-state index >= 15 is 0 Å². The highest BCUT2D eigenvalue weighted by Crippen LogP contribution is 2.34. The Bertz CT molecular complexity index is 885. The number of nitrogens with zero attached hydrogens (tertiary/aromatic N) is 2. The molecule has 138 valence electrons. The molecule has 1 aromatic heterocycles. The van der Waals surface area contributed by atoms with Gasteiger partial charge in [-0.15, -0.1) is 0 Å². The molecule has 0 spiro atoms. The van der Waals surface area contributed by atoms with Crippen LogP contribution in [0.5, 0.6) is 0 Å². The third kappa shape index (κ3) is 4.10. The van der Waals surface area contributed by atoms with Crippen LogP contribution >= 0.6 is 11.6 Å². The standard InChI is InChI=1S/C16H13ClF3N3O3/c1-7-8(2)22-13(15(25)26-3)12(21-7)14(24)23-11-6-9(16(18,19)20)4-5-10(11)17/h4-6H,1-3H3,(H,23,24). The zero-order valence-corrected chi connectivity index (χ0v) is 14.6. The van der Waals surface area contributed by atoms with Crippen LogP contribution in [0.2, 0.25) is 5.02 Å². The van der Waals surface area contributed by atoms with Crippen LogP contribution in [0.25, 0.3) is 0 Å². The summed E-state index contributed by atoms with van der Waals surface area (Å²) in [7, 11) is 1.10. The lowest BCUT2D eigenvalue weighted by Crippen LogP contribution is -2.22. The Kier molecular flexibility index (Phi) is 5.50. The highest BCUT2D eigenvalue weighted by molar-refractivity contribution is 6.34. The van der Waals surface area contributed by atoms with Crippen molar-refractivity contribution < 1.29 is 27.5 Å². The fourth-order valence-electron chi connectivity index (χ4n) is 1.98. The minimum absolute atomic E-state index is 0.109. The number of hydrogen-bond acceptors (Lipinski definition) is 5. The number of esters is 1. The van der Waals surface area contributed by atoms with Crippen LogP contribution in [0, 0.1) is 13.8 Å². The zero-order chi connectivity index (χ0) is 19.6. The first-order chi connectivity index (χ1) is 12.0. The molecule has 0 bridgehead atoms. The number of benzene rings is 1. The predicted molar refractivity (Wildman–Crippen MR) is 87.3 cm³/mol. The van der Waals surface area contributed by atoms with Crippen LogP contribution in [0.4, 0.5) is 18.9 Å². The average Bonchev–Trinajstić information content (AvgIpc) is 2.57. The van der Waals surface area contributed by atoms with Gasteiger partial charge in [0.15, 0.2) is 11.4 Å². The van der Waals surface area contributed by atoms with Crippen molar-refractivity contribution in [3.8, 4) is 0 Å². The highest BCUT2D eigenvalue weighted by Gasteiger charge is 2.31. The van der Waals surface area contributed by atoms with E-state index in [0.29, 0.717) is 17.5 Å². The summed E-state index contributed by atoms with van der Waals surface area (Å²) in [5.41, 5.74) is -1.22. The minimum Gasteiger partial charge on any atom is -0.464 e. The molecule has 0 fully saturated rings. The summed E-state index contributed by atoms with van der Waals surface area (Å²) in [4.78, 5) is 32.3. The topological polar surface area (TPSA) is 81.2 Å². The van der Waals surface area contributed by atoms with Gasteiger partial charge in [0.1, 0.15) is 0 Å². The van der Waals surface area contributed by atoms with Crippen LogP contribution in [0.1, 0.15) is 37.9 Å². The molecule has 6 nitrogen and oxygen atoms in total. The third-order valence-corrected chi connectivity index (χ3v) is 3.77. The number of hydrogen-bond donors (Lipinski definition) is 1. The van der Waals surface area contributed by atoms with Gasteiger partial charge in [-0.25, -0.2) is 14.8 Å². The molecule has 0 atom stereocenters. The number of amides is 1. The Morgan fingerprint density at radius 1 is 1.12 bits per heavy atom. The van der Waals surface area contributed by atoms with Gasteiger partial charge in [-0.3, -0.25) is 4.79 Å². The minimum atomic E-state index is -4.61. The smallest absolute Gasteiger partial charge is 0.416 e. The van der Waals surface area contributed by atoms with E-state index in [1.807, 2.05) is 0 Å². The van der Waals surface area contributed by atoms with E-state index in [1.165, 1.54) is 0 Å². The molecule has 1 heterocycles. The van der Waals surface area contributed by atoms with Crippen molar-refractivity contribution in [3.63, 3.8) is 0 Å². The van der Waals surface area contributed by atoms with Crippen LogP contribution < -0.4 is 5.32 Å². The van der Waals surface area contributed by atoms with Crippen LogP contribution in [0.15, 0.2) is 18.2 Å². The summed E-state index contributed by atoms with van der Waals surface area (Å²) in [6.07, 6.45) is -4.61. The Morgan fingerprint density at radius 2 is 1.69 bits per heavy atom. The molecule has 0 aliphatic rings. The average molecular weight is 388 g/mol. The van der Waals surface area contributed by atoms with Gasteiger partial charge in [0.25, 0.3) is 5.91 Å². The normalized spacial score (nSPS) is 11.2. The van der Waals surface area contributed by atoms with E-state index in [0.717, 1.165) is 19.2 Å². The predicted octanol–water partition coefficient (Wildman–Crippen LogP) is 3.80. The lowest BCUT2D eigenvalue weighted by Gasteiger charge is -2.13. The van der Waals surface area contributed by atoms with Gasteiger partial charge in [0, 0.05) is 0 Å². The summed E-state index contributed by atoms with van der Waals surface area (Å²) in [5.74, 6) is -1.84. The molecule has 2 rings (SSSR count). The van der Waals surface area contributed by atoms with Crippen LogP contribution in [0.3, 0.4) is 0 Å². The SMILES string of the molecule is COC(=O)c1nc(C)c(C)nc1C(=O)Nc1cc(C(F)(F)F)ccc1Cl. The van der Waals surface area contributed by atoms with Crippen molar-refractivity contribution in [1.82, 2.24) is 9.97 Å². The van der Waals surface area contributed by atoms with E-state index in [1.54, 1.807) is 13.8 Å². The Labute approximate surface area is 151 Å². The van der Waals surface area contributed by atoms with Crippen molar-refractivity contribution >= 4 is 29.2 Å². The molecule has 1 amide bonds. The van der Waals surface area contributed by atoms with E-state index in [4.69, 9.17) is 11.6 Å². The molecule has 1 N–H and O–H groups in total. The number of alkyl halides is 3. The first-order valence-corrected chi connectivity index (χ1v) is 7.54. The molecule has 0 saturated heterocycles. The molecule has 2 aromatic rings. The summed E-state index contributed by atoms with van der Waals surface area (Å²) < 4.78 is 43.1. The molecule has 0 unspecified atom stereocenters. The van der Waals surface area contributed by atoms with Crippen molar-refractivity contribution in [3.05, 3.63) is 51.6 Å². The second-order valence-electron chi connectivity index (χ2n) is 5.23. The Balaban J connectivity index is 2.45. The maximum Gasteiger partial charge on any atom is 0.416 e. The molecule has 26 heavy (non-hydrogen) atoms. The summed E-state index contributed by atoms with van der Waals surface area (Å²) in [6.45, 7) is 3.15.